The van der Waals surface area contributed by atoms with Gasteiger partial charge in [0.25, 0.3) is 17.7 Å². The van der Waals surface area contributed by atoms with Crippen LogP contribution in [-0.4, -0.2) is 53.8 Å². The number of carbonyl (C=O) groups is 4. The fourth-order valence-corrected chi connectivity index (χ4v) is 5.01. The molecule has 0 bridgehead atoms. The van der Waals surface area contributed by atoms with Crippen LogP contribution in [0.1, 0.15) is 20.8 Å². The molecule has 3 amide bonds. The highest BCUT2D eigenvalue weighted by atomic mass is 35.5. The molecule has 1 fully saturated rings. The molecule has 2 heterocycles. The summed E-state index contributed by atoms with van der Waals surface area (Å²) < 4.78 is 10.6. The van der Waals surface area contributed by atoms with Crippen LogP contribution in [0.2, 0.25) is 10.0 Å². The number of ether oxygens (including phenoxy) is 2. The van der Waals surface area contributed by atoms with Gasteiger partial charge in [0.2, 0.25) is 0 Å². The molecular formula is C26H23Cl2N3O7S. The van der Waals surface area contributed by atoms with Crippen LogP contribution in [0.4, 0.5) is 5.69 Å². The lowest BCUT2D eigenvalue weighted by Crippen LogP contribution is -2.52. The SMILES string of the molecule is O=C(Nc1ccc(CC(NC(=O)[C@@H]2OCO[C@H]2C(=O)NCc2cccs2)C(=O)O)cc1)c1c(Cl)cccc1Cl. The van der Waals surface area contributed by atoms with Gasteiger partial charge in [-0.05, 0) is 41.3 Å². The first kappa shape index (κ1) is 28.5. The van der Waals surface area contributed by atoms with Crippen molar-refractivity contribution < 1.29 is 33.8 Å². The van der Waals surface area contributed by atoms with E-state index in [1.807, 2.05) is 17.5 Å². The van der Waals surface area contributed by atoms with Gasteiger partial charge in [-0.1, -0.05) is 47.5 Å². The van der Waals surface area contributed by atoms with E-state index in [2.05, 4.69) is 16.0 Å². The second-order valence-electron chi connectivity index (χ2n) is 8.44. The molecule has 4 N–H and O–H groups in total. The van der Waals surface area contributed by atoms with Gasteiger partial charge in [-0.25, -0.2) is 4.79 Å². The Morgan fingerprint density at radius 3 is 2.23 bits per heavy atom. The zero-order chi connectivity index (χ0) is 27.9. The maximum absolute atomic E-state index is 12.8. The van der Waals surface area contributed by atoms with Crippen LogP contribution >= 0.6 is 34.5 Å². The second-order valence-corrected chi connectivity index (χ2v) is 10.3. The molecule has 13 heteroatoms. The summed E-state index contributed by atoms with van der Waals surface area (Å²) in [5.74, 6) is -3.09. The predicted molar refractivity (Wildman–Crippen MR) is 145 cm³/mol. The minimum Gasteiger partial charge on any atom is -0.480 e. The van der Waals surface area contributed by atoms with Crippen LogP contribution in [0, 0.1) is 0 Å². The molecule has 0 spiro atoms. The summed E-state index contributed by atoms with van der Waals surface area (Å²) in [6.07, 6.45) is -2.58. The number of benzene rings is 2. The normalized spacial score (nSPS) is 17.3. The van der Waals surface area contributed by atoms with Gasteiger partial charge >= 0.3 is 5.97 Å². The number of carboxylic acid groups (broad SMARTS) is 1. The largest absolute Gasteiger partial charge is 0.480 e. The third-order valence-electron chi connectivity index (χ3n) is 5.76. The number of carboxylic acids is 1. The van der Waals surface area contributed by atoms with Crippen molar-refractivity contribution in [3.05, 3.63) is 86.0 Å². The minimum absolute atomic E-state index is 0.0611. The number of nitrogens with one attached hydrogen (secondary N) is 3. The van der Waals surface area contributed by atoms with E-state index in [1.54, 1.807) is 42.5 Å². The maximum Gasteiger partial charge on any atom is 0.326 e. The summed E-state index contributed by atoms with van der Waals surface area (Å²) in [4.78, 5) is 50.8. The van der Waals surface area contributed by atoms with Crippen LogP contribution in [0.15, 0.2) is 60.0 Å². The fraction of sp³-hybridized carbons (Fsp3) is 0.231. The molecule has 10 nitrogen and oxygen atoms in total. The van der Waals surface area contributed by atoms with E-state index in [0.29, 0.717) is 11.3 Å². The van der Waals surface area contributed by atoms with Crippen molar-refractivity contribution in [2.75, 3.05) is 12.1 Å². The van der Waals surface area contributed by atoms with Crippen LogP contribution in [0.3, 0.4) is 0 Å². The van der Waals surface area contributed by atoms with Gasteiger partial charge in [0, 0.05) is 17.0 Å². The lowest BCUT2D eigenvalue weighted by molar-refractivity contribution is -0.144. The van der Waals surface area contributed by atoms with E-state index < -0.39 is 41.9 Å². The zero-order valence-corrected chi connectivity index (χ0v) is 22.5. The van der Waals surface area contributed by atoms with Crippen molar-refractivity contribution in [3.63, 3.8) is 0 Å². The maximum atomic E-state index is 12.8. The molecule has 0 radical (unpaired) electrons. The Hall–Kier alpha value is -3.48. The molecule has 4 rings (SSSR count). The van der Waals surface area contributed by atoms with Crippen molar-refractivity contribution in [1.29, 1.82) is 0 Å². The quantitative estimate of drug-likeness (QED) is 0.282. The number of thiophene rings is 1. The van der Waals surface area contributed by atoms with Crippen LogP contribution in [0.25, 0.3) is 0 Å². The third-order valence-corrected chi connectivity index (χ3v) is 7.27. The standard InChI is InChI=1S/C26H23Cl2N3O7S/c27-17-4-1-5-18(28)20(17)23(32)30-15-8-6-14(7-9-15)11-19(26(35)36)31-25(34)22-21(37-13-38-22)24(33)29-12-16-3-2-10-39-16/h1-10,19,21-22H,11-13H2,(H,29,33)(H,30,32)(H,31,34)(H,35,36)/t19?,21-,22-/m1/s1. The Bertz CT molecular complexity index is 1330. The van der Waals surface area contributed by atoms with E-state index in [1.165, 1.54) is 11.3 Å². The molecule has 1 aliphatic rings. The lowest BCUT2D eigenvalue weighted by Gasteiger charge is -2.20. The van der Waals surface area contributed by atoms with Crippen molar-refractivity contribution in [2.45, 2.75) is 31.2 Å². The zero-order valence-electron chi connectivity index (χ0n) is 20.2. The number of anilines is 1. The summed E-state index contributed by atoms with van der Waals surface area (Å²) >= 11 is 13.6. The second kappa shape index (κ2) is 13.0. The van der Waals surface area contributed by atoms with E-state index in [-0.39, 0.29) is 35.4 Å². The predicted octanol–water partition coefficient (Wildman–Crippen LogP) is 3.48. The topological polar surface area (TPSA) is 143 Å². The Labute approximate surface area is 237 Å². The summed E-state index contributed by atoms with van der Waals surface area (Å²) in [5, 5.41) is 19.8. The molecule has 0 saturated carbocycles. The monoisotopic (exact) mass is 591 g/mol. The summed E-state index contributed by atoms with van der Waals surface area (Å²) in [5.41, 5.74) is 1.14. The molecule has 3 atom stereocenters. The van der Waals surface area contributed by atoms with Gasteiger partial charge in [-0.3, -0.25) is 14.4 Å². The number of halogens is 2. The number of aliphatic carboxylic acids is 1. The van der Waals surface area contributed by atoms with Gasteiger partial charge < -0.3 is 30.5 Å². The van der Waals surface area contributed by atoms with Gasteiger partial charge in [0.1, 0.15) is 12.8 Å². The summed E-state index contributed by atoms with van der Waals surface area (Å²) in [6, 6.07) is 13.5. The summed E-state index contributed by atoms with van der Waals surface area (Å²) in [7, 11) is 0. The Kier molecular flexibility index (Phi) is 9.54. The van der Waals surface area contributed by atoms with E-state index in [9.17, 15) is 24.3 Å². The van der Waals surface area contributed by atoms with Crippen LogP contribution in [0.5, 0.6) is 0 Å². The third kappa shape index (κ3) is 7.34. The van der Waals surface area contributed by atoms with Crippen LogP contribution < -0.4 is 16.0 Å². The number of amides is 3. The molecular weight excluding hydrogens is 569 g/mol. The molecule has 1 unspecified atom stereocenters. The smallest absolute Gasteiger partial charge is 0.326 e. The molecule has 1 aliphatic heterocycles. The first-order chi connectivity index (χ1) is 18.7. The van der Waals surface area contributed by atoms with Gasteiger partial charge in [-0.2, -0.15) is 0 Å². The molecule has 2 aromatic carbocycles. The highest BCUT2D eigenvalue weighted by Gasteiger charge is 2.41. The highest BCUT2D eigenvalue weighted by Crippen LogP contribution is 2.25. The lowest BCUT2D eigenvalue weighted by atomic mass is 10.0. The Morgan fingerprint density at radius 1 is 0.949 bits per heavy atom. The average molecular weight is 592 g/mol. The first-order valence-electron chi connectivity index (χ1n) is 11.6. The van der Waals surface area contributed by atoms with Gasteiger partial charge in [0.05, 0.1) is 22.2 Å². The number of rotatable bonds is 10. The molecule has 204 valence electrons. The molecule has 3 aromatic rings. The number of hydrogen-bond donors (Lipinski definition) is 4. The Balaban J connectivity index is 1.34. The van der Waals surface area contributed by atoms with Crippen molar-refractivity contribution in [1.82, 2.24) is 10.6 Å². The fourth-order valence-electron chi connectivity index (χ4n) is 3.80. The van der Waals surface area contributed by atoms with E-state index >= 15 is 0 Å². The van der Waals surface area contributed by atoms with E-state index in [0.717, 1.165) is 4.88 Å². The molecule has 39 heavy (non-hydrogen) atoms. The van der Waals surface area contributed by atoms with Crippen molar-refractivity contribution in [3.8, 4) is 0 Å². The summed E-state index contributed by atoms with van der Waals surface area (Å²) in [6.45, 7) is -0.0101. The van der Waals surface area contributed by atoms with Gasteiger partial charge in [0.15, 0.2) is 12.2 Å². The van der Waals surface area contributed by atoms with Crippen molar-refractivity contribution >= 4 is 63.9 Å². The van der Waals surface area contributed by atoms with Gasteiger partial charge in [-0.15, -0.1) is 11.3 Å². The van der Waals surface area contributed by atoms with Crippen LogP contribution in [-0.2, 0) is 36.8 Å². The average Bonchev–Trinajstić information content (AvgIpc) is 3.60. The first-order valence-corrected chi connectivity index (χ1v) is 13.3. The molecule has 0 aliphatic carbocycles. The van der Waals surface area contributed by atoms with Crippen molar-refractivity contribution in [2.24, 2.45) is 0 Å². The molecule has 1 aromatic heterocycles. The Morgan fingerprint density at radius 2 is 1.62 bits per heavy atom. The number of carbonyl (C=O) groups excluding carboxylic acids is 3. The highest BCUT2D eigenvalue weighted by molar-refractivity contribution is 7.09. The van der Waals surface area contributed by atoms with E-state index in [4.69, 9.17) is 32.7 Å². The number of hydrogen-bond acceptors (Lipinski definition) is 7. The molecule has 1 saturated heterocycles. The minimum atomic E-state index is -1.31.